The van der Waals surface area contributed by atoms with Crippen molar-refractivity contribution >= 4 is 17.5 Å². The van der Waals surface area contributed by atoms with Gasteiger partial charge >= 0.3 is 0 Å². The molecule has 0 aliphatic carbocycles. The zero-order valence-corrected chi connectivity index (χ0v) is 12.9. The fourth-order valence-corrected chi connectivity index (χ4v) is 2.13. The van der Waals surface area contributed by atoms with Crippen molar-refractivity contribution in [2.45, 2.75) is 19.4 Å². The van der Waals surface area contributed by atoms with E-state index in [1.165, 1.54) is 6.07 Å². The summed E-state index contributed by atoms with van der Waals surface area (Å²) in [4.78, 5) is 12.0. The molecule has 0 saturated carbocycles. The summed E-state index contributed by atoms with van der Waals surface area (Å²) in [6.07, 6.45) is -0.252. The third-order valence-corrected chi connectivity index (χ3v) is 3.47. The number of hydrogen-bond acceptors (Lipinski definition) is 2. The van der Waals surface area contributed by atoms with Crippen molar-refractivity contribution in [1.82, 2.24) is 5.32 Å². The first kappa shape index (κ1) is 16.3. The fraction of sp³-hybridized carbons (Fsp3) is 0.235. The van der Waals surface area contributed by atoms with E-state index in [0.717, 1.165) is 0 Å². The Bertz CT molecular complexity index is 648. The Hall–Kier alpha value is -2.07. The maximum Gasteiger partial charge on any atom is 0.260 e. The van der Waals surface area contributed by atoms with Crippen molar-refractivity contribution in [2.24, 2.45) is 0 Å². The maximum atomic E-state index is 13.5. The molecule has 22 heavy (non-hydrogen) atoms. The number of ether oxygens (including phenoxy) is 1. The zero-order chi connectivity index (χ0) is 15.9. The minimum absolute atomic E-state index is 0.267. The van der Waals surface area contributed by atoms with Gasteiger partial charge in [-0.15, -0.1) is 0 Å². The number of nitrogens with one attached hydrogen (secondary N) is 1. The van der Waals surface area contributed by atoms with E-state index in [9.17, 15) is 9.18 Å². The van der Waals surface area contributed by atoms with E-state index < -0.39 is 6.10 Å². The van der Waals surface area contributed by atoms with Crippen LogP contribution in [-0.2, 0) is 11.2 Å². The van der Waals surface area contributed by atoms with Crippen LogP contribution < -0.4 is 10.1 Å². The molecule has 0 bridgehead atoms. The van der Waals surface area contributed by atoms with Gasteiger partial charge in [0.2, 0.25) is 0 Å². The van der Waals surface area contributed by atoms with Crippen LogP contribution in [0, 0.1) is 5.82 Å². The standard InChI is InChI=1S/C17H17ClFNO2/c1-12(22-16-9-5-3-7-14(16)18)17(21)20-11-10-13-6-2-4-8-15(13)19/h2-9,12H,10-11H2,1H3,(H,20,21). The quantitative estimate of drug-likeness (QED) is 0.882. The van der Waals surface area contributed by atoms with E-state index in [0.29, 0.717) is 29.3 Å². The van der Waals surface area contributed by atoms with Gasteiger partial charge in [-0.2, -0.15) is 0 Å². The molecule has 0 radical (unpaired) electrons. The molecule has 2 aromatic rings. The molecule has 1 amide bonds. The highest BCUT2D eigenvalue weighted by atomic mass is 35.5. The number of amides is 1. The van der Waals surface area contributed by atoms with Gasteiger partial charge in [0.15, 0.2) is 6.10 Å². The van der Waals surface area contributed by atoms with E-state index in [2.05, 4.69) is 5.32 Å². The van der Waals surface area contributed by atoms with Crippen LogP contribution in [0.15, 0.2) is 48.5 Å². The Kier molecular flexibility index (Phi) is 5.78. The first-order valence-electron chi connectivity index (χ1n) is 7.00. The molecule has 0 aliphatic heterocycles. The van der Waals surface area contributed by atoms with Crippen LogP contribution >= 0.6 is 11.6 Å². The smallest absolute Gasteiger partial charge is 0.260 e. The number of carbonyl (C=O) groups excluding carboxylic acids is 1. The van der Waals surface area contributed by atoms with Crippen LogP contribution in [0.3, 0.4) is 0 Å². The third kappa shape index (κ3) is 4.46. The van der Waals surface area contributed by atoms with Crippen molar-refractivity contribution < 1.29 is 13.9 Å². The van der Waals surface area contributed by atoms with Crippen molar-refractivity contribution in [1.29, 1.82) is 0 Å². The van der Waals surface area contributed by atoms with E-state index in [4.69, 9.17) is 16.3 Å². The lowest BCUT2D eigenvalue weighted by molar-refractivity contribution is -0.127. The molecule has 0 saturated heterocycles. The molecule has 0 aromatic heterocycles. The fourth-order valence-electron chi connectivity index (χ4n) is 1.95. The van der Waals surface area contributed by atoms with Gasteiger partial charge in [0.05, 0.1) is 5.02 Å². The van der Waals surface area contributed by atoms with Gasteiger partial charge in [-0.05, 0) is 37.1 Å². The Morgan fingerprint density at radius 1 is 1.23 bits per heavy atom. The van der Waals surface area contributed by atoms with Gasteiger partial charge in [0, 0.05) is 6.54 Å². The van der Waals surface area contributed by atoms with E-state index in [1.54, 1.807) is 49.4 Å². The second-order valence-electron chi connectivity index (χ2n) is 4.82. The summed E-state index contributed by atoms with van der Waals surface area (Å²) in [5.41, 5.74) is 0.572. The summed E-state index contributed by atoms with van der Waals surface area (Å²) in [5.74, 6) is -0.0747. The van der Waals surface area contributed by atoms with Crippen molar-refractivity contribution in [3.63, 3.8) is 0 Å². The first-order valence-corrected chi connectivity index (χ1v) is 7.38. The van der Waals surface area contributed by atoms with Crippen LogP contribution in [-0.4, -0.2) is 18.6 Å². The minimum atomic E-state index is -0.680. The molecule has 0 fully saturated rings. The average molecular weight is 322 g/mol. The van der Waals surface area contributed by atoms with E-state index in [-0.39, 0.29) is 11.7 Å². The van der Waals surface area contributed by atoms with Crippen LogP contribution in [0.4, 0.5) is 4.39 Å². The summed E-state index contributed by atoms with van der Waals surface area (Å²) in [7, 11) is 0. The van der Waals surface area contributed by atoms with Crippen LogP contribution in [0.5, 0.6) is 5.75 Å². The second kappa shape index (κ2) is 7.80. The third-order valence-electron chi connectivity index (χ3n) is 3.16. The second-order valence-corrected chi connectivity index (χ2v) is 5.23. The van der Waals surface area contributed by atoms with Gasteiger partial charge in [0.25, 0.3) is 5.91 Å². The van der Waals surface area contributed by atoms with Crippen LogP contribution in [0.25, 0.3) is 0 Å². The van der Waals surface area contributed by atoms with Gasteiger partial charge < -0.3 is 10.1 Å². The topological polar surface area (TPSA) is 38.3 Å². The summed E-state index contributed by atoms with van der Waals surface area (Å²) in [5, 5.41) is 3.18. The number of para-hydroxylation sites is 1. The average Bonchev–Trinajstić information content (AvgIpc) is 2.51. The molecule has 3 nitrogen and oxygen atoms in total. The number of halogens is 2. The molecule has 0 spiro atoms. The number of rotatable bonds is 6. The molecule has 116 valence electrons. The molecule has 1 N–H and O–H groups in total. The van der Waals surface area contributed by atoms with Crippen molar-refractivity contribution in [3.8, 4) is 5.75 Å². The Balaban J connectivity index is 1.82. The summed E-state index contributed by atoms with van der Waals surface area (Å²) in [6.45, 7) is 1.98. The lowest BCUT2D eigenvalue weighted by atomic mass is 10.1. The van der Waals surface area contributed by atoms with Gasteiger partial charge in [0.1, 0.15) is 11.6 Å². The van der Waals surface area contributed by atoms with Gasteiger partial charge in [-0.25, -0.2) is 4.39 Å². The highest BCUT2D eigenvalue weighted by molar-refractivity contribution is 6.32. The lowest BCUT2D eigenvalue weighted by Gasteiger charge is -2.15. The highest BCUT2D eigenvalue weighted by Crippen LogP contribution is 2.24. The zero-order valence-electron chi connectivity index (χ0n) is 12.2. The Morgan fingerprint density at radius 3 is 2.64 bits per heavy atom. The normalized spacial score (nSPS) is 11.8. The molecule has 1 atom stereocenters. The van der Waals surface area contributed by atoms with E-state index in [1.807, 2.05) is 0 Å². The Labute approximate surface area is 134 Å². The highest BCUT2D eigenvalue weighted by Gasteiger charge is 2.15. The predicted octanol–water partition coefficient (Wildman–Crippen LogP) is 3.61. The molecular formula is C17H17ClFNO2. The number of benzene rings is 2. The van der Waals surface area contributed by atoms with Crippen LogP contribution in [0.2, 0.25) is 5.02 Å². The maximum absolute atomic E-state index is 13.5. The molecule has 1 unspecified atom stereocenters. The lowest BCUT2D eigenvalue weighted by Crippen LogP contribution is -2.37. The number of hydrogen-bond donors (Lipinski definition) is 1. The molecular weight excluding hydrogens is 305 g/mol. The van der Waals surface area contributed by atoms with Gasteiger partial charge in [-0.3, -0.25) is 4.79 Å². The first-order chi connectivity index (χ1) is 10.6. The SMILES string of the molecule is CC(Oc1ccccc1Cl)C(=O)NCCc1ccccc1F. The molecule has 2 rings (SSSR count). The van der Waals surface area contributed by atoms with Crippen molar-refractivity contribution in [2.75, 3.05) is 6.54 Å². The molecule has 5 heteroatoms. The number of carbonyl (C=O) groups is 1. The largest absolute Gasteiger partial charge is 0.479 e. The summed E-state index contributed by atoms with van der Waals surface area (Å²) in [6, 6.07) is 13.5. The molecule has 2 aromatic carbocycles. The summed E-state index contributed by atoms with van der Waals surface area (Å²) >= 11 is 5.98. The molecule has 0 aliphatic rings. The van der Waals surface area contributed by atoms with Gasteiger partial charge in [-0.1, -0.05) is 41.9 Å². The monoisotopic (exact) mass is 321 g/mol. The molecule has 0 heterocycles. The van der Waals surface area contributed by atoms with Crippen LogP contribution in [0.1, 0.15) is 12.5 Å². The van der Waals surface area contributed by atoms with Crippen molar-refractivity contribution in [3.05, 3.63) is 64.9 Å². The minimum Gasteiger partial charge on any atom is -0.479 e. The predicted molar refractivity (Wildman–Crippen MR) is 84.7 cm³/mol. The Morgan fingerprint density at radius 2 is 1.91 bits per heavy atom. The summed E-state index contributed by atoms with van der Waals surface area (Å²) < 4.78 is 19.0. The van der Waals surface area contributed by atoms with E-state index >= 15 is 0 Å².